The van der Waals surface area contributed by atoms with Crippen LogP contribution in [0, 0.1) is 10.1 Å². The molecule has 1 fully saturated rings. The summed E-state index contributed by atoms with van der Waals surface area (Å²) in [7, 11) is 0. The van der Waals surface area contributed by atoms with Crippen LogP contribution >= 0.6 is 0 Å². The fourth-order valence-corrected chi connectivity index (χ4v) is 3.06. The third-order valence-corrected chi connectivity index (χ3v) is 4.31. The van der Waals surface area contributed by atoms with Crippen molar-refractivity contribution in [2.45, 2.75) is 6.04 Å². The summed E-state index contributed by atoms with van der Waals surface area (Å²) in [5, 5.41) is 32.5. The Hall–Kier alpha value is -4.01. The first kappa shape index (κ1) is 18.8. The van der Waals surface area contributed by atoms with Crippen molar-refractivity contribution >= 4 is 29.1 Å². The van der Waals surface area contributed by atoms with Crippen LogP contribution in [0.2, 0.25) is 0 Å². The number of hydrogen-bond acceptors (Lipinski definition) is 7. The van der Waals surface area contributed by atoms with Crippen molar-refractivity contribution in [1.29, 1.82) is 0 Å². The van der Waals surface area contributed by atoms with E-state index in [1.807, 2.05) is 0 Å². The predicted molar refractivity (Wildman–Crippen MR) is 93.6 cm³/mol. The van der Waals surface area contributed by atoms with Gasteiger partial charge >= 0.3 is 0 Å². The number of carboxylic acid groups (broad SMARTS) is 1. The number of carbonyl (C=O) groups is 3. The van der Waals surface area contributed by atoms with Gasteiger partial charge in [-0.05, 0) is 17.7 Å². The van der Waals surface area contributed by atoms with Crippen LogP contribution in [0.5, 0.6) is 0 Å². The quantitative estimate of drug-likeness (QED) is 0.265. The smallest absolute Gasteiger partial charge is 0.295 e. The molecule has 1 amide bonds. The number of carbonyl (C=O) groups excluding carboxylic acids is 3. The molecule has 1 aliphatic heterocycles. The number of carboxylic acids is 1. The zero-order valence-corrected chi connectivity index (χ0v) is 14.3. The maximum atomic E-state index is 12.5. The van der Waals surface area contributed by atoms with Gasteiger partial charge in [0.2, 0.25) is 0 Å². The van der Waals surface area contributed by atoms with E-state index in [0.717, 1.165) is 17.0 Å². The Labute approximate surface area is 158 Å². The molecule has 1 aliphatic rings. The highest BCUT2D eigenvalue weighted by Crippen LogP contribution is 2.39. The zero-order valence-electron chi connectivity index (χ0n) is 14.3. The molecule has 0 aliphatic carbocycles. The number of non-ortho nitro benzene ring substituents is 1. The number of benzene rings is 2. The predicted octanol–water partition coefficient (Wildman–Crippen LogP) is 0.766. The number of hydrogen-bond donors (Lipinski definition) is 1. The fourth-order valence-electron chi connectivity index (χ4n) is 3.06. The van der Waals surface area contributed by atoms with Gasteiger partial charge in [0.15, 0.2) is 0 Å². The number of likely N-dealkylation sites (tertiary alicyclic amines) is 1. The van der Waals surface area contributed by atoms with E-state index < -0.39 is 40.9 Å². The molecule has 9 heteroatoms. The lowest BCUT2D eigenvalue weighted by Crippen LogP contribution is -2.40. The largest absolute Gasteiger partial charge is 0.548 e. The maximum absolute atomic E-state index is 12.5. The van der Waals surface area contributed by atoms with Gasteiger partial charge < -0.3 is 19.9 Å². The number of nitro benzene ring substituents is 1. The van der Waals surface area contributed by atoms with Gasteiger partial charge in [-0.15, -0.1) is 0 Å². The molecule has 0 saturated carbocycles. The minimum Gasteiger partial charge on any atom is -0.548 e. The van der Waals surface area contributed by atoms with E-state index in [-0.39, 0.29) is 16.8 Å². The summed E-state index contributed by atoms with van der Waals surface area (Å²) in [6.45, 7) is -0.832. The molecule has 1 heterocycles. The van der Waals surface area contributed by atoms with Crippen LogP contribution in [-0.2, 0) is 14.4 Å². The third kappa shape index (κ3) is 3.32. The molecular weight excluding hydrogens is 368 g/mol. The minimum atomic E-state index is -1.56. The molecular formula is C19H13N2O7-. The van der Waals surface area contributed by atoms with E-state index in [1.165, 1.54) is 12.1 Å². The van der Waals surface area contributed by atoms with Crippen molar-refractivity contribution < 1.29 is 29.5 Å². The molecule has 0 aromatic heterocycles. The Morgan fingerprint density at radius 2 is 1.68 bits per heavy atom. The number of rotatable bonds is 5. The standard InChI is InChI=1S/C19H14N2O7/c22-14(23)10-20-16(11-4-2-1-3-5-11)15(18(25)19(20)26)17(24)12-6-8-13(9-7-12)21(27)28/h1-9,16,24H,10H2,(H,22,23)/p-1/t16-/m1/s1. The van der Waals surface area contributed by atoms with Crippen LogP contribution in [0.4, 0.5) is 5.69 Å². The first-order valence-corrected chi connectivity index (χ1v) is 8.09. The van der Waals surface area contributed by atoms with Crippen LogP contribution in [0.25, 0.3) is 5.76 Å². The van der Waals surface area contributed by atoms with Gasteiger partial charge in [0.05, 0.1) is 29.1 Å². The van der Waals surface area contributed by atoms with Gasteiger partial charge in [0.25, 0.3) is 17.4 Å². The van der Waals surface area contributed by atoms with Gasteiger partial charge in [-0.1, -0.05) is 30.3 Å². The Morgan fingerprint density at radius 1 is 1.07 bits per heavy atom. The molecule has 1 saturated heterocycles. The van der Waals surface area contributed by atoms with Crippen LogP contribution < -0.4 is 5.11 Å². The van der Waals surface area contributed by atoms with Crippen molar-refractivity contribution in [2.24, 2.45) is 0 Å². The van der Waals surface area contributed by atoms with E-state index in [0.29, 0.717) is 5.56 Å². The second-order valence-corrected chi connectivity index (χ2v) is 6.01. The minimum absolute atomic E-state index is 0.0815. The van der Waals surface area contributed by atoms with Crippen LogP contribution in [0.3, 0.4) is 0 Å². The summed E-state index contributed by atoms with van der Waals surface area (Å²) in [5.74, 6) is -4.24. The number of nitrogens with zero attached hydrogens (tertiary/aromatic N) is 2. The molecule has 0 spiro atoms. The van der Waals surface area contributed by atoms with Crippen molar-refractivity contribution in [1.82, 2.24) is 4.90 Å². The van der Waals surface area contributed by atoms with Crippen LogP contribution in [0.15, 0.2) is 60.2 Å². The Kier molecular flexibility index (Phi) is 4.90. The number of amides is 1. The van der Waals surface area contributed by atoms with Gasteiger partial charge in [-0.2, -0.15) is 0 Å². The SMILES string of the molecule is O=C([O-])CN1C(=O)C(=O)C(=C(O)c2ccc([N+](=O)[O-])cc2)[C@H]1c1ccccc1. The molecule has 2 aromatic rings. The van der Waals surface area contributed by atoms with Crippen molar-refractivity contribution in [2.75, 3.05) is 6.54 Å². The molecule has 1 N–H and O–H groups in total. The molecule has 1 atom stereocenters. The number of aliphatic hydroxyl groups is 1. The highest BCUT2D eigenvalue weighted by molar-refractivity contribution is 6.46. The van der Waals surface area contributed by atoms with Crippen LogP contribution in [-0.4, -0.2) is 39.1 Å². The zero-order chi connectivity index (χ0) is 20.4. The summed E-state index contributed by atoms with van der Waals surface area (Å²) >= 11 is 0. The maximum Gasteiger partial charge on any atom is 0.295 e. The van der Waals surface area contributed by atoms with Crippen molar-refractivity contribution in [3.63, 3.8) is 0 Å². The molecule has 142 valence electrons. The highest BCUT2D eigenvalue weighted by Gasteiger charge is 2.46. The average molecular weight is 381 g/mol. The summed E-state index contributed by atoms with van der Waals surface area (Å²) in [4.78, 5) is 46.9. The molecule has 9 nitrogen and oxygen atoms in total. The lowest BCUT2D eigenvalue weighted by Gasteiger charge is -2.25. The first-order valence-electron chi connectivity index (χ1n) is 8.09. The topological polar surface area (TPSA) is 141 Å². The van der Waals surface area contributed by atoms with E-state index in [9.17, 15) is 34.7 Å². The van der Waals surface area contributed by atoms with Gasteiger partial charge in [0.1, 0.15) is 5.76 Å². The molecule has 3 rings (SSSR count). The Morgan fingerprint density at radius 3 is 2.21 bits per heavy atom. The molecule has 28 heavy (non-hydrogen) atoms. The van der Waals surface area contributed by atoms with Gasteiger partial charge in [0, 0.05) is 17.7 Å². The molecule has 0 bridgehead atoms. The molecule has 0 radical (unpaired) electrons. The third-order valence-electron chi connectivity index (χ3n) is 4.31. The van der Waals surface area contributed by atoms with E-state index in [4.69, 9.17) is 0 Å². The van der Waals surface area contributed by atoms with E-state index >= 15 is 0 Å². The summed E-state index contributed by atoms with van der Waals surface area (Å²) < 4.78 is 0. The average Bonchev–Trinajstić information content (AvgIpc) is 2.92. The number of aliphatic hydroxyl groups excluding tert-OH is 1. The highest BCUT2D eigenvalue weighted by atomic mass is 16.6. The van der Waals surface area contributed by atoms with E-state index in [2.05, 4.69) is 0 Å². The number of ketones is 1. The van der Waals surface area contributed by atoms with E-state index in [1.54, 1.807) is 30.3 Å². The normalized spacial score (nSPS) is 18.3. The first-order chi connectivity index (χ1) is 13.3. The summed E-state index contributed by atoms with van der Waals surface area (Å²) in [5.41, 5.74) is -0.00995. The lowest BCUT2D eigenvalue weighted by atomic mass is 9.95. The second kappa shape index (κ2) is 7.31. The molecule has 0 unspecified atom stereocenters. The number of aliphatic carboxylic acids is 1. The van der Waals surface area contributed by atoms with Gasteiger partial charge in [-0.3, -0.25) is 19.7 Å². The van der Waals surface area contributed by atoms with Crippen molar-refractivity contribution in [3.05, 3.63) is 81.4 Å². The summed E-state index contributed by atoms with van der Waals surface area (Å²) in [6, 6.07) is 11.8. The van der Waals surface area contributed by atoms with Crippen LogP contribution in [0.1, 0.15) is 17.2 Å². The lowest BCUT2D eigenvalue weighted by molar-refractivity contribution is -0.384. The Bertz CT molecular complexity index is 997. The second-order valence-electron chi connectivity index (χ2n) is 6.01. The Balaban J connectivity index is 2.16. The fraction of sp³-hybridized carbons (Fsp3) is 0.105. The monoisotopic (exact) mass is 381 g/mol. The molecule has 2 aromatic carbocycles. The van der Waals surface area contributed by atoms with Crippen molar-refractivity contribution in [3.8, 4) is 0 Å². The number of Topliss-reactive ketones (excluding diaryl/α,β-unsaturated/α-hetero) is 1. The number of nitro groups is 1. The van der Waals surface area contributed by atoms with Gasteiger partial charge in [-0.25, -0.2) is 0 Å². The summed E-state index contributed by atoms with van der Waals surface area (Å²) in [6.07, 6.45) is 0.